The molecule has 2 rings (SSSR count). The largest absolute Gasteiger partial charge is 0.391 e. The number of hydrogen-bond donors (Lipinski definition) is 1. The summed E-state index contributed by atoms with van der Waals surface area (Å²) in [5.74, 6) is 1.16. The van der Waals surface area contributed by atoms with Crippen LogP contribution in [0, 0.1) is 6.92 Å². The van der Waals surface area contributed by atoms with Gasteiger partial charge >= 0.3 is 0 Å². The molecule has 2 aromatic heterocycles. The van der Waals surface area contributed by atoms with E-state index in [1.807, 2.05) is 13.0 Å². The maximum absolute atomic E-state index is 5.75. The van der Waals surface area contributed by atoms with E-state index in [9.17, 15) is 0 Å². The van der Waals surface area contributed by atoms with Crippen LogP contribution in [0.3, 0.4) is 0 Å². The highest BCUT2D eigenvalue weighted by Gasteiger charge is 2.13. The lowest BCUT2D eigenvalue weighted by atomic mass is 10.3. The topological polar surface area (TPSA) is 83.4 Å². The highest BCUT2D eigenvalue weighted by atomic mass is 32.1. The maximum Gasteiger partial charge on any atom is 0.268 e. The minimum absolute atomic E-state index is 0.520. The first-order chi connectivity index (χ1) is 9.20. The number of anilines is 1. The van der Waals surface area contributed by atoms with Crippen molar-refractivity contribution in [3.05, 3.63) is 17.5 Å². The molecule has 2 aromatic rings. The molecule has 0 fully saturated rings. The molecule has 0 aliphatic carbocycles. The molecule has 7 heteroatoms. The van der Waals surface area contributed by atoms with Gasteiger partial charge in [0.15, 0.2) is 5.82 Å². The molecule has 0 bridgehead atoms. The number of nitrogen functional groups attached to an aromatic ring is 1. The Balaban J connectivity index is 1.90. The van der Waals surface area contributed by atoms with Crippen molar-refractivity contribution in [1.29, 1.82) is 0 Å². The van der Waals surface area contributed by atoms with Crippen LogP contribution in [0.5, 0.6) is 0 Å². The van der Waals surface area contributed by atoms with E-state index < -0.39 is 0 Å². The quantitative estimate of drug-likeness (QED) is 0.781. The second-order valence-corrected chi connectivity index (χ2v) is 5.12. The van der Waals surface area contributed by atoms with E-state index in [4.69, 9.17) is 19.7 Å². The van der Waals surface area contributed by atoms with E-state index in [1.165, 1.54) is 11.3 Å². The lowest BCUT2D eigenvalue weighted by molar-refractivity contribution is 0.0714. The molecule has 0 atom stereocenters. The van der Waals surface area contributed by atoms with E-state index >= 15 is 0 Å². The summed E-state index contributed by atoms with van der Waals surface area (Å²) in [7, 11) is 1.64. The van der Waals surface area contributed by atoms with Gasteiger partial charge in [-0.1, -0.05) is 5.16 Å². The molecule has 0 aliphatic rings. The monoisotopic (exact) mass is 283 g/mol. The van der Waals surface area contributed by atoms with Gasteiger partial charge in [-0.2, -0.15) is 4.98 Å². The van der Waals surface area contributed by atoms with Gasteiger partial charge in [0, 0.05) is 13.5 Å². The molecule has 0 aromatic carbocycles. The van der Waals surface area contributed by atoms with Crippen LogP contribution in [-0.2, 0) is 15.9 Å². The first-order valence-electron chi connectivity index (χ1n) is 5.96. The van der Waals surface area contributed by atoms with E-state index in [2.05, 4.69) is 10.1 Å². The zero-order chi connectivity index (χ0) is 13.7. The molecule has 19 heavy (non-hydrogen) atoms. The molecule has 0 aliphatic heterocycles. The van der Waals surface area contributed by atoms with Gasteiger partial charge < -0.3 is 19.7 Å². The number of thiophene rings is 1. The molecule has 0 amide bonds. The standard InChI is InChI=1S/C12H17N3O3S/c1-8-7-9(13)19-11(8)12-14-10(15-18-12)3-4-17-6-5-16-2/h7H,3-6,13H2,1-2H3. The SMILES string of the molecule is COCCOCCc1noc(-c2sc(N)cc2C)n1. The molecule has 6 nitrogen and oxygen atoms in total. The van der Waals surface area contributed by atoms with Gasteiger partial charge in [-0.3, -0.25) is 0 Å². The van der Waals surface area contributed by atoms with Crippen molar-refractivity contribution in [1.82, 2.24) is 10.1 Å². The van der Waals surface area contributed by atoms with Crippen LogP contribution in [0.1, 0.15) is 11.4 Å². The molecule has 0 saturated carbocycles. The molecule has 2 N–H and O–H groups in total. The summed E-state index contributed by atoms with van der Waals surface area (Å²) in [6.07, 6.45) is 0.618. The Morgan fingerprint density at radius 2 is 2.21 bits per heavy atom. The lowest BCUT2D eigenvalue weighted by Gasteiger charge is -1.99. The highest BCUT2D eigenvalue weighted by Crippen LogP contribution is 2.32. The Hall–Kier alpha value is -1.44. The summed E-state index contributed by atoms with van der Waals surface area (Å²) in [6, 6.07) is 1.90. The predicted molar refractivity (Wildman–Crippen MR) is 73.2 cm³/mol. The first-order valence-corrected chi connectivity index (χ1v) is 6.78. The average molecular weight is 283 g/mol. The van der Waals surface area contributed by atoms with E-state index in [0.29, 0.717) is 38.0 Å². The minimum atomic E-state index is 0.520. The third-order valence-electron chi connectivity index (χ3n) is 2.50. The lowest BCUT2D eigenvalue weighted by Crippen LogP contribution is -2.05. The van der Waals surface area contributed by atoms with Crippen LogP contribution in [-0.4, -0.2) is 37.1 Å². The van der Waals surface area contributed by atoms with Crippen molar-refractivity contribution in [2.75, 3.05) is 32.7 Å². The van der Waals surface area contributed by atoms with Gasteiger partial charge in [0.2, 0.25) is 0 Å². The van der Waals surface area contributed by atoms with Crippen molar-refractivity contribution in [3.8, 4) is 10.8 Å². The molecular formula is C12H17N3O3S. The van der Waals surface area contributed by atoms with E-state index in [0.717, 1.165) is 15.4 Å². The zero-order valence-corrected chi connectivity index (χ0v) is 11.8. The molecule has 0 saturated heterocycles. The van der Waals surface area contributed by atoms with Gasteiger partial charge in [-0.05, 0) is 18.6 Å². The second-order valence-electron chi connectivity index (χ2n) is 4.03. The van der Waals surface area contributed by atoms with Gasteiger partial charge in [0.1, 0.15) is 0 Å². The third kappa shape index (κ3) is 3.76. The van der Waals surface area contributed by atoms with Crippen molar-refractivity contribution >= 4 is 16.3 Å². The van der Waals surface area contributed by atoms with Crippen LogP contribution in [0.4, 0.5) is 5.00 Å². The normalized spacial score (nSPS) is 11.1. The number of ether oxygens (including phenoxy) is 2. The molecule has 104 valence electrons. The van der Waals surface area contributed by atoms with Crippen molar-refractivity contribution < 1.29 is 14.0 Å². The van der Waals surface area contributed by atoms with Gasteiger partial charge in [-0.15, -0.1) is 11.3 Å². The van der Waals surface area contributed by atoms with Gasteiger partial charge in [0.05, 0.1) is 29.7 Å². The third-order valence-corrected chi connectivity index (χ3v) is 3.56. The second kappa shape index (κ2) is 6.65. The fourth-order valence-corrected chi connectivity index (χ4v) is 2.44. The summed E-state index contributed by atoms with van der Waals surface area (Å²) >= 11 is 1.45. The Labute approximate surface area is 115 Å². The number of hydrogen-bond acceptors (Lipinski definition) is 7. The number of aromatic nitrogens is 2. The summed E-state index contributed by atoms with van der Waals surface area (Å²) in [5, 5.41) is 4.67. The first kappa shape index (κ1) is 14.0. The van der Waals surface area contributed by atoms with Crippen LogP contribution in [0.25, 0.3) is 10.8 Å². The zero-order valence-electron chi connectivity index (χ0n) is 11.0. The van der Waals surface area contributed by atoms with Crippen LogP contribution in [0.15, 0.2) is 10.6 Å². The number of aryl methyl sites for hydroxylation is 1. The molecule has 0 unspecified atom stereocenters. The Kier molecular flexibility index (Phi) is 4.89. The Bertz CT molecular complexity index is 524. The Morgan fingerprint density at radius 1 is 1.37 bits per heavy atom. The fourth-order valence-electron chi connectivity index (χ4n) is 1.57. The Morgan fingerprint density at radius 3 is 2.89 bits per heavy atom. The maximum atomic E-state index is 5.75. The highest BCUT2D eigenvalue weighted by molar-refractivity contribution is 7.19. The summed E-state index contributed by atoms with van der Waals surface area (Å²) in [5.41, 5.74) is 6.80. The molecule has 2 heterocycles. The van der Waals surface area contributed by atoms with Crippen LogP contribution < -0.4 is 5.73 Å². The van der Waals surface area contributed by atoms with Crippen molar-refractivity contribution in [2.24, 2.45) is 0 Å². The summed E-state index contributed by atoms with van der Waals surface area (Å²) < 4.78 is 15.5. The predicted octanol–water partition coefficient (Wildman–Crippen LogP) is 1.89. The van der Waals surface area contributed by atoms with Crippen LogP contribution in [0.2, 0.25) is 0 Å². The van der Waals surface area contributed by atoms with E-state index in [1.54, 1.807) is 7.11 Å². The van der Waals surface area contributed by atoms with Crippen LogP contribution >= 0.6 is 11.3 Å². The number of nitrogens with two attached hydrogens (primary N) is 1. The number of nitrogens with zero attached hydrogens (tertiary/aromatic N) is 2. The number of methoxy groups -OCH3 is 1. The summed E-state index contributed by atoms with van der Waals surface area (Å²) in [6.45, 7) is 3.68. The smallest absolute Gasteiger partial charge is 0.268 e. The molecular weight excluding hydrogens is 266 g/mol. The molecule has 0 spiro atoms. The fraction of sp³-hybridized carbons (Fsp3) is 0.500. The van der Waals surface area contributed by atoms with Crippen molar-refractivity contribution in [2.45, 2.75) is 13.3 Å². The van der Waals surface area contributed by atoms with E-state index in [-0.39, 0.29) is 0 Å². The molecule has 0 radical (unpaired) electrons. The van der Waals surface area contributed by atoms with Crippen molar-refractivity contribution in [3.63, 3.8) is 0 Å². The summed E-state index contributed by atoms with van der Waals surface area (Å²) in [4.78, 5) is 5.27. The average Bonchev–Trinajstić information content (AvgIpc) is 2.95. The van der Waals surface area contributed by atoms with Gasteiger partial charge in [0.25, 0.3) is 5.89 Å². The number of rotatable bonds is 7. The minimum Gasteiger partial charge on any atom is -0.391 e. The van der Waals surface area contributed by atoms with Gasteiger partial charge in [-0.25, -0.2) is 0 Å².